The van der Waals surface area contributed by atoms with Gasteiger partial charge in [0.05, 0.1) is 0 Å². The van der Waals surface area contributed by atoms with Crippen molar-refractivity contribution in [2.24, 2.45) is 5.41 Å². The number of allylic oxidation sites excluding steroid dienone is 2. The van der Waals surface area contributed by atoms with Crippen molar-refractivity contribution in [3.8, 4) is 0 Å². The maximum absolute atomic E-state index is 2.46. The molecule has 0 unspecified atom stereocenters. The van der Waals surface area contributed by atoms with Crippen LogP contribution in [0.15, 0.2) is 12.2 Å². The summed E-state index contributed by atoms with van der Waals surface area (Å²) in [6, 6.07) is 0. The van der Waals surface area contributed by atoms with Crippen molar-refractivity contribution in [2.75, 3.05) is 20.1 Å². The molecule has 82 valence electrons. The van der Waals surface area contributed by atoms with E-state index in [-0.39, 0.29) is 0 Å². The number of piperidine rings is 1. The van der Waals surface area contributed by atoms with Gasteiger partial charge in [-0.1, -0.05) is 25.5 Å². The van der Waals surface area contributed by atoms with Crippen LogP contribution in [0.3, 0.4) is 0 Å². The summed E-state index contributed by atoms with van der Waals surface area (Å²) in [4.78, 5) is 2.46. The number of rotatable bonds is 4. The van der Waals surface area contributed by atoms with Crippen LogP contribution < -0.4 is 0 Å². The predicted octanol–water partition coefficient (Wildman–Crippen LogP) is 3.46. The first-order chi connectivity index (χ1) is 6.72. The Morgan fingerprint density at radius 1 is 1.29 bits per heavy atom. The Morgan fingerprint density at radius 2 is 1.93 bits per heavy atom. The van der Waals surface area contributed by atoms with Crippen LogP contribution in [0.2, 0.25) is 0 Å². The molecule has 1 aliphatic heterocycles. The van der Waals surface area contributed by atoms with Crippen LogP contribution >= 0.6 is 0 Å². The van der Waals surface area contributed by atoms with Crippen LogP contribution in [0.4, 0.5) is 0 Å². The van der Waals surface area contributed by atoms with Crippen LogP contribution in [0.1, 0.15) is 46.0 Å². The lowest BCUT2D eigenvalue weighted by molar-refractivity contribution is 0.109. The summed E-state index contributed by atoms with van der Waals surface area (Å²) >= 11 is 0. The predicted molar refractivity (Wildman–Crippen MR) is 63.5 cm³/mol. The molecular weight excluding hydrogens is 170 g/mol. The fraction of sp³-hybridized carbons (Fsp3) is 0.846. The zero-order chi connectivity index (χ0) is 10.4. The fourth-order valence-corrected chi connectivity index (χ4v) is 2.43. The molecule has 0 bridgehead atoms. The molecular formula is C13H25N. The van der Waals surface area contributed by atoms with Gasteiger partial charge in [0.1, 0.15) is 0 Å². The zero-order valence-electron chi connectivity index (χ0n) is 10.1. The number of likely N-dealkylation sites (tertiary alicyclic amines) is 1. The van der Waals surface area contributed by atoms with E-state index in [9.17, 15) is 0 Å². The molecule has 1 rings (SSSR count). The molecule has 1 saturated heterocycles. The summed E-state index contributed by atoms with van der Waals surface area (Å²) in [6.07, 6.45) is 11.3. The van der Waals surface area contributed by atoms with Crippen molar-refractivity contribution in [2.45, 2.75) is 46.0 Å². The molecule has 0 aliphatic carbocycles. The molecule has 0 saturated carbocycles. The van der Waals surface area contributed by atoms with Gasteiger partial charge in [-0.05, 0) is 58.2 Å². The molecule has 0 atom stereocenters. The Balaban J connectivity index is 2.41. The van der Waals surface area contributed by atoms with Crippen LogP contribution in [0.25, 0.3) is 0 Å². The third-order valence-corrected chi connectivity index (χ3v) is 3.87. The Morgan fingerprint density at radius 3 is 2.43 bits per heavy atom. The minimum atomic E-state index is 0.659. The van der Waals surface area contributed by atoms with Crippen LogP contribution in [-0.4, -0.2) is 25.0 Å². The molecule has 0 spiro atoms. The molecule has 14 heavy (non-hydrogen) atoms. The number of hydrogen-bond donors (Lipinski definition) is 0. The average molecular weight is 195 g/mol. The normalized spacial score (nSPS) is 23.1. The first-order valence-corrected chi connectivity index (χ1v) is 6.02. The van der Waals surface area contributed by atoms with Crippen molar-refractivity contribution in [1.82, 2.24) is 4.90 Å². The third kappa shape index (κ3) is 3.13. The van der Waals surface area contributed by atoms with Crippen molar-refractivity contribution in [3.05, 3.63) is 12.2 Å². The highest BCUT2D eigenvalue weighted by Gasteiger charge is 2.30. The summed E-state index contributed by atoms with van der Waals surface area (Å²) in [6.45, 7) is 7.07. The molecule has 0 amide bonds. The van der Waals surface area contributed by atoms with E-state index in [1.165, 1.54) is 45.2 Å². The zero-order valence-corrected chi connectivity index (χ0v) is 10.1. The second-order valence-corrected chi connectivity index (χ2v) is 4.76. The summed E-state index contributed by atoms with van der Waals surface area (Å²) in [5.41, 5.74) is 0.659. The van der Waals surface area contributed by atoms with Gasteiger partial charge in [0.15, 0.2) is 0 Å². The van der Waals surface area contributed by atoms with Crippen molar-refractivity contribution in [3.63, 3.8) is 0 Å². The van der Waals surface area contributed by atoms with E-state index in [1.54, 1.807) is 0 Å². The minimum Gasteiger partial charge on any atom is -0.306 e. The summed E-state index contributed by atoms with van der Waals surface area (Å²) in [5, 5.41) is 0. The SMILES string of the molecule is C/C=C/CCC1(CC)CCN(C)CC1. The van der Waals surface area contributed by atoms with E-state index in [1.807, 2.05) is 0 Å². The lowest BCUT2D eigenvalue weighted by atomic mass is 9.73. The maximum atomic E-state index is 2.46. The Hall–Kier alpha value is -0.300. The Bertz CT molecular complexity index is 176. The van der Waals surface area contributed by atoms with E-state index < -0.39 is 0 Å². The highest BCUT2D eigenvalue weighted by molar-refractivity contribution is 4.87. The van der Waals surface area contributed by atoms with Crippen LogP contribution in [-0.2, 0) is 0 Å². The quantitative estimate of drug-likeness (QED) is 0.621. The fourth-order valence-electron chi connectivity index (χ4n) is 2.43. The summed E-state index contributed by atoms with van der Waals surface area (Å²) in [7, 11) is 2.24. The van der Waals surface area contributed by atoms with E-state index in [0.29, 0.717) is 5.41 Å². The molecule has 0 aromatic heterocycles. The van der Waals surface area contributed by atoms with Crippen molar-refractivity contribution < 1.29 is 0 Å². The topological polar surface area (TPSA) is 3.24 Å². The first-order valence-electron chi connectivity index (χ1n) is 6.02. The van der Waals surface area contributed by atoms with E-state index in [2.05, 4.69) is 37.9 Å². The first kappa shape index (κ1) is 11.8. The van der Waals surface area contributed by atoms with Gasteiger partial charge in [0.2, 0.25) is 0 Å². The lowest BCUT2D eigenvalue weighted by Crippen LogP contribution is -2.37. The average Bonchev–Trinajstić information content (AvgIpc) is 2.22. The molecule has 0 radical (unpaired) electrons. The minimum absolute atomic E-state index is 0.659. The second-order valence-electron chi connectivity index (χ2n) is 4.76. The van der Waals surface area contributed by atoms with Gasteiger partial charge in [-0.2, -0.15) is 0 Å². The molecule has 1 heterocycles. The molecule has 0 aromatic rings. The standard InChI is InChI=1S/C13H25N/c1-4-6-7-8-13(5-2)9-11-14(3)12-10-13/h4,6H,5,7-12H2,1-3H3/b6-4+. The van der Waals surface area contributed by atoms with Gasteiger partial charge >= 0.3 is 0 Å². The Labute approximate surface area is 89.2 Å². The smallest absolute Gasteiger partial charge is 0.00165 e. The number of hydrogen-bond acceptors (Lipinski definition) is 1. The van der Waals surface area contributed by atoms with E-state index in [4.69, 9.17) is 0 Å². The highest BCUT2D eigenvalue weighted by Crippen LogP contribution is 2.38. The monoisotopic (exact) mass is 195 g/mol. The van der Waals surface area contributed by atoms with Crippen LogP contribution in [0.5, 0.6) is 0 Å². The Kier molecular flexibility index (Phi) is 4.67. The van der Waals surface area contributed by atoms with E-state index >= 15 is 0 Å². The van der Waals surface area contributed by atoms with Gasteiger partial charge in [-0.3, -0.25) is 0 Å². The molecule has 1 fully saturated rings. The van der Waals surface area contributed by atoms with Crippen molar-refractivity contribution >= 4 is 0 Å². The molecule has 1 heteroatoms. The van der Waals surface area contributed by atoms with Gasteiger partial charge in [0.25, 0.3) is 0 Å². The largest absolute Gasteiger partial charge is 0.306 e. The van der Waals surface area contributed by atoms with Gasteiger partial charge in [-0.15, -0.1) is 0 Å². The summed E-state index contributed by atoms with van der Waals surface area (Å²) in [5.74, 6) is 0. The van der Waals surface area contributed by atoms with Crippen molar-refractivity contribution in [1.29, 1.82) is 0 Å². The molecule has 0 aromatic carbocycles. The molecule has 1 aliphatic rings. The van der Waals surface area contributed by atoms with Gasteiger partial charge < -0.3 is 4.90 Å². The van der Waals surface area contributed by atoms with E-state index in [0.717, 1.165) is 0 Å². The third-order valence-electron chi connectivity index (χ3n) is 3.87. The maximum Gasteiger partial charge on any atom is -0.00165 e. The second kappa shape index (κ2) is 5.55. The summed E-state index contributed by atoms with van der Waals surface area (Å²) < 4.78 is 0. The molecule has 1 nitrogen and oxygen atoms in total. The highest BCUT2D eigenvalue weighted by atomic mass is 15.1. The molecule has 0 N–H and O–H groups in total. The van der Waals surface area contributed by atoms with Crippen LogP contribution in [0, 0.1) is 5.41 Å². The lowest BCUT2D eigenvalue weighted by Gasteiger charge is -2.40. The van der Waals surface area contributed by atoms with Gasteiger partial charge in [0, 0.05) is 0 Å². The number of nitrogens with zero attached hydrogens (tertiary/aromatic N) is 1. The van der Waals surface area contributed by atoms with Gasteiger partial charge in [-0.25, -0.2) is 0 Å².